The van der Waals surface area contributed by atoms with Crippen LogP contribution in [0.1, 0.15) is 31.7 Å². The van der Waals surface area contributed by atoms with E-state index in [9.17, 15) is 0 Å². The SMILES string of the molecule is C=CCN=C(NCC)N1CCC(c2ccccc2)C(C)C1. The van der Waals surface area contributed by atoms with Crippen molar-refractivity contribution in [2.24, 2.45) is 10.9 Å². The Labute approximate surface area is 128 Å². The molecule has 0 amide bonds. The molecule has 21 heavy (non-hydrogen) atoms. The summed E-state index contributed by atoms with van der Waals surface area (Å²) < 4.78 is 0. The van der Waals surface area contributed by atoms with Crippen LogP contribution in [0.2, 0.25) is 0 Å². The second-order valence-corrected chi connectivity index (χ2v) is 5.71. The molecule has 2 atom stereocenters. The Balaban J connectivity index is 2.03. The predicted molar refractivity (Wildman–Crippen MR) is 90.7 cm³/mol. The molecule has 1 aromatic rings. The fourth-order valence-electron chi connectivity index (χ4n) is 3.11. The van der Waals surface area contributed by atoms with E-state index in [0.717, 1.165) is 25.6 Å². The fourth-order valence-corrected chi connectivity index (χ4v) is 3.11. The Morgan fingerprint density at radius 2 is 2.19 bits per heavy atom. The molecule has 1 heterocycles. The maximum atomic E-state index is 4.60. The topological polar surface area (TPSA) is 27.6 Å². The molecule has 2 rings (SSSR count). The van der Waals surface area contributed by atoms with Gasteiger partial charge in [0.05, 0.1) is 6.54 Å². The second kappa shape index (κ2) is 7.87. The van der Waals surface area contributed by atoms with Gasteiger partial charge in [0.1, 0.15) is 0 Å². The zero-order valence-corrected chi connectivity index (χ0v) is 13.3. The average molecular weight is 285 g/mol. The Kier molecular flexibility index (Phi) is 5.85. The van der Waals surface area contributed by atoms with E-state index in [1.54, 1.807) is 0 Å². The summed E-state index contributed by atoms with van der Waals surface area (Å²) in [7, 11) is 0. The van der Waals surface area contributed by atoms with Gasteiger partial charge in [-0.3, -0.25) is 0 Å². The van der Waals surface area contributed by atoms with Crippen LogP contribution < -0.4 is 5.32 Å². The largest absolute Gasteiger partial charge is 0.357 e. The van der Waals surface area contributed by atoms with Crippen LogP contribution in [0.3, 0.4) is 0 Å². The molecule has 114 valence electrons. The lowest BCUT2D eigenvalue weighted by Crippen LogP contribution is -2.48. The van der Waals surface area contributed by atoms with Gasteiger partial charge in [0.2, 0.25) is 0 Å². The van der Waals surface area contributed by atoms with E-state index in [1.165, 1.54) is 12.0 Å². The molecule has 0 radical (unpaired) electrons. The number of hydrogen-bond acceptors (Lipinski definition) is 1. The number of rotatable bonds is 4. The van der Waals surface area contributed by atoms with E-state index in [2.05, 4.69) is 66.0 Å². The first kappa shape index (κ1) is 15.6. The molecule has 0 saturated carbocycles. The van der Waals surface area contributed by atoms with Gasteiger partial charge < -0.3 is 10.2 Å². The minimum Gasteiger partial charge on any atom is -0.357 e. The minimum absolute atomic E-state index is 0.633. The molecule has 0 bridgehead atoms. The van der Waals surface area contributed by atoms with Crippen LogP contribution in [0.4, 0.5) is 0 Å². The van der Waals surface area contributed by atoms with Crippen molar-refractivity contribution in [3.05, 3.63) is 48.6 Å². The van der Waals surface area contributed by atoms with Crippen molar-refractivity contribution in [3.8, 4) is 0 Å². The maximum absolute atomic E-state index is 4.60. The van der Waals surface area contributed by atoms with Crippen LogP contribution in [0.15, 0.2) is 48.0 Å². The number of benzene rings is 1. The quantitative estimate of drug-likeness (QED) is 0.522. The number of piperidine rings is 1. The van der Waals surface area contributed by atoms with E-state index in [1.807, 2.05) is 6.08 Å². The van der Waals surface area contributed by atoms with Gasteiger partial charge in [-0.2, -0.15) is 0 Å². The Morgan fingerprint density at radius 3 is 2.81 bits per heavy atom. The first-order valence-corrected chi connectivity index (χ1v) is 7.95. The molecule has 0 spiro atoms. The van der Waals surface area contributed by atoms with Gasteiger partial charge in [-0.15, -0.1) is 6.58 Å². The molecule has 1 saturated heterocycles. The van der Waals surface area contributed by atoms with Crippen LogP contribution in [0, 0.1) is 5.92 Å². The van der Waals surface area contributed by atoms with Gasteiger partial charge in [0.15, 0.2) is 5.96 Å². The maximum Gasteiger partial charge on any atom is 0.194 e. The van der Waals surface area contributed by atoms with Gasteiger partial charge in [-0.25, -0.2) is 4.99 Å². The summed E-state index contributed by atoms with van der Waals surface area (Å²) in [5, 5.41) is 3.39. The standard InChI is InChI=1S/C18H27N3/c1-4-12-20-18(19-5-2)21-13-11-17(15(3)14-21)16-9-7-6-8-10-16/h4,6-10,15,17H,1,5,11-14H2,2-3H3,(H,19,20). The molecule has 0 aromatic heterocycles. The second-order valence-electron chi connectivity index (χ2n) is 5.71. The lowest BCUT2D eigenvalue weighted by Gasteiger charge is -2.39. The third-order valence-corrected chi connectivity index (χ3v) is 4.14. The zero-order valence-electron chi connectivity index (χ0n) is 13.3. The summed E-state index contributed by atoms with van der Waals surface area (Å²) >= 11 is 0. The molecule has 2 unspecified atom stereocenters. The summed E-state index contributed by atoms with van der Waals surface area (Å²) in [5.41, 5.74) is 1.47. The Morgan fingerprint density at radius 1 is 1.43 bits per heavy atom. The molecule has 1 aliphatic rings. The van der Waals surface area contributed by atoms with Crippen LogP contribution in [0.5, 0.6) is 0 Å². The molecular formula is C18H27N3. The number of hydrogen-bond donors (Lipinski definition) is 1. The number of nitrogens with one attached hydrogen (secondary N) is 1. The van der Waals surface area contributed by atoms with E-state index < -0.39 is 0 Å². The fraction of sp³-hybridized carbons (Fsp3) is 0.500. The monoisotopic (exact) mass is 285 g/mol. The van der Waals surface area contributed by atoms with Crippen molar-refractivity contribution < 1.29 is 0 Å². The number of likely N-dealkylation sites (tertiary alicyclic amines) is 1. The molecule has 1 aromatic carbocycles. The van der Waals surface area contributed by atoms with Crippen molar-refractivity contribution in [1.29, 1.82) is 0 Å². The van der Waals surface area contributed by atoms with Crippen molar-refractivity contribution in [2.75, 3.05) is 26.2 Å². The Bertz CT molecular complexity index is 467. The molecule has 0 aliphatic carbocycles. The highest BCUT2D eigenvalue weighted by atomic mass is 15.3. The summed E-state index contributed by atoms with van der Waals surface area (Å²) in [5.74, 6) is 2.31. The highest BCUT2D eigenvalue weighted by molar-refractivity contribution is 5.80. The lowest BCUT2D eigenvalue weighted by atomic mass is 9.82. The molecule has 1 fully saturated rings. The first-order chi connectivity index (χ1) is 10.3. The highest BCUT2D eigenvalue weighted by Gasteiger charge is 2.28. The van der Waals surface area contributed by atoms with Crippen molar-refractivity contribution in [3.63, 3.8) is 0 Å². The Hall–Kier alpha value is -1.77. The average Bonchev–Trinajstić information content (AvgIpc) is 2.52. The molecule has 3 nitrogen and oxygen atoms in total. The van der Waals surface area contributed by atoms with Crippen LogP contribution >= 0.6 is 0 Å². The van der Waals surface area contributed by atoms with Gasteiger partial charge in [-0.05, 0) is 30.7 Å². The van der Waals surface area contributed by atoms with Crippen LogP contribution in [-0.2, 0) is 0 Å². The highest BCUT2D eigenvalue weighted by Crippen LogP contribution is 2.32. The van der Waals surface area contributed by atoms with Crippen LogP contribution in [0.25, 0.3) is 0 Å². The smallest absolute Gasteiger partial charge is 0.194 e. The minimum atomic E-state index is 0.633. The van der Waals surface area contributed by atoms with Crippen molar-refractivity contribution in [2.45, 2.75) is 26.2 Å². The van der Waals surface area contributed by atoms with E-state index in [0.29, 0.717) is 18.4 Å². The summed E-state index contributed by atoms with van der Waals surface area (Å²) in [4.78, 5) is 6.99. The number of aliphatic imine (C=N–C) groups is 1. The normalized spacial score (nSPS) is 23.0. The van der Waals surface area contributed by atoms with Crippen molar-refractivity contribution >= 4 is 5.96 Å². The molecule has 1 N–H and O–H groups in total. The zero-order chi connectivity index (χ0) is 15.1. The molecule has 3 heteroatoms. The third kappa shape index (κ3) is 4.10. The van der Waals surface area contributed by atoms with E-state index in [-0.39, 0.29) is 0 Å². The third-order valence-electron chi connectivity index (χ3n) is 4.14. The van der Waals surface area contributed by atoms with E-state index in [4.69, 9.17) is 0 Å². The number of guanidine groups is 1. The number of nitrogens with zero attached hydrogens (tertiary/aromatic N) is 2. The van der Waals surface area contributed by atoms with Gasteiger partial charge in [-0.1, -0.05) is 43.3 Å². The first-order valence-electron chi connectivity index (χ1n) is 7.95. The molecule has 1 aliphatic heterocycles. The summed E-state index contributed by atoms with van der Waals surface area (Å²) in [6, 6.07) is 10.9. The molecular weight excluding hydrogens is 258 g/mol. The van der Waals surface area contributed by atoms with Gasteiger partial charge in [0, 0.05) is 19.6 Å². The van der Waals surface area contributed by atoms with Gasteiger partial charge >= 0.3 is 0 Å². The lowest BCUT2D eigenvalue weighted by molar-refractivity contribution is 0.234. The van der Waals surface area contributed by atoms with E-state index >= 15 is 0 Å². The van der Waals surface area contributed by atoms with Crippen molar-refractivity contribution in [1.82, 2.24) is 10.2 Å². The summed E-state index contributed by atoms with van der Waals surface area (Å²) in [6.45, 7) is 11.9. The van der Waals surface area contributed by atoms with Gasteiger partial charge in [0.25, 0.3) is 0 Å². The summed E-state index contributed by atoms with van der Waals surface area (Å²) in [6.07, 6.45) is 3.03. The van der Waals surface area contributed by atoms with Crippen LogP contribution in [-0.4, -0.2) is 37.0 Å². The predicted octanol–water partition coefficient (Wildman–Crippen LogP) is 3.26.